The van der Waals surface area contributed by atoms with Crippen LogP contribution >= 0.6 is 11.3 Å². The van der Waals surface area contributed by atoms with Crippen LogP contribution in [0.3, 0.4) is 0 Å². The maximum absolute atomic E-state index is 11.5. The molecular formula is C22H23N9O3S. The van der Waals surface area contributed by atoms with Gasteiger partial charge in [0.15, 0.2) is 11.6 Å². The van der Waals surface area contributed by atoms with Crippen molar-refractivity contribution in [1.82, 2.24) is 30.4 Å². The van der Waals surface area contributed by atoms with Crippen molar-refractivity contribution in [1.29, 1.82) is 0 Å². The van der Waals surface area contributed by atoms with Crippen LogP contribution in [0.15, 0.2) is 36.8 Å². The quantitative estimate of drug-likeness (QED) is 0.265. The molecule has 1 aliphatic rings. The lowest BCUT2D eigenvalue weighted by atomic mass is 10.2. The van der Waals surface area contributed by atoms with Crippen molar-refractivity contribution >= 4 is 45.0 Å². The number of anilines is 3. The third-order valence-electron chi connectivity index (χ3n) is 5.49. The minimum atomic E-state index is -0.662. The Morgan fingerprint density at radius 3 is 2.71 bits per heavy atom. The number of fused-ring (bicyclic) bond motifs is 1. The lowest BCUT2D eigenvalue weighted by molar-refractivity contribution is 0.0705. The molecule has 0 saturated carbocycles. The van der Waals surface area contributed by atoms with Crippen LogP contribution in [0.5, 0.6) is 0 Å². The van der Waals surface area contributed by atoms with Gasteiger partial charge in [-0.1, -0.05) is 0 Å². The van der Waals surface area contributed by atoms with E-state index < -0.39 is 5.91 Å². The van der Waals surface area contributed by atoms with Gasteiger partial charge in [-0.3, -0.25) is 10.0 Å². The zero-order valence-electron chi connectivity index (χ0n) is 18.9. The second-order valence-electron chi connectivity index (χ2n) is 7.94. The van der Waals surface area contributed by atoms with Crippen molar-refractivity contribution in [2.75, 3.05) is 48.9 Å². The molecule has 0 radical (unpaired) electrons. The molecule has 13 heteroatoms. The molecule has 0 aliphatic carbocycles. The molecule has 0 unspecified atom stereocenters. The molecule has 0 bridgehead atoms. The van der Waals surface area contributed by atoms with Crippen LogP contribution in [-0.2, 0) is 11.3 Å². The number of morpholine rings is 1. The number of rotatable bonds is 6. The first-order valence-electron chi connectivity index (χ1n) is 10.8. The molecule has 0 atom stereocenters. The standard InChI is InChI=1S/C22H23N9O3S/c1-30(22-25-10-14(11-26-22)21(32)29-33)12-15-9-16-18(35-15)20(31-4-6-34-7-5-31)28-19(27-16)13-2-3-24-17(23)8-13/h2-3,8-11,33H,4-7,12H2,1H3,(H2,23,24)(H,29,32). The number of aromatic nitrogens is 5. The minimum Gasteiger partial charge on any atom is -0.384 e. The summed E-state index contributed by atoms with van der Waals surface area (Å²) in [6.07, 6.45) is 4.38. The van der Waals surface area contributed by atoms with Crippen molar-refractivity contribution in [3.63, 3.8) is 0 Å². The number of nitrogens with two attached hydrogens (primary N) is 1. The zero-order chi connectivity index (χ0) is 24.4. The van der Waals surface area contributed by atoms with Crippen molar-refractivity contribution in [2.45, 2.75) is 6.54 Å². The molecular weight excluding hydrogens is 470 g/mol. The SMILES string of the molecule is CN(Cc1cc2nc(-c3ccnc(N)c3)nc(N3CCOCC3)c2s1)c1ncc(C(=O)NO)cn1. The number of amides is 1. The van der Waals surface area contributed by atoms with Gasteiger partial charge in [0.2, 0.25) is 5.95 Å². The highest BCUT2D eigenvalue weighted by atomic mass is 32.1. The monoisotopic (exact) mass is 493 g/mol. The van der Waals surface area contributed by atoms with Gasteiger partial charge in [-0.25, -0.2) is 30.4 Å². The maximum atomic E-state index is 11.5. The van der Waals surface area contributed by atoms with E-state index in [4.69, 9.17) is 25.6 Å². The summed E-state index contributed by atoms with van der Waals surface area (Å²) < 4.78 is 6.53. The number of hydrogen-bond donors (Lipinski definition) is 3. The van der Waals surface area contributed by atoms with Gasteiger partial charge in [0.05, 0.1) is 35.5 Å². The molecule has 180 valence electrons. The number of nitrogen functional groups attached to an aromatic ring is 1. The Morgan fingerprint density at radius 1 is 1.23 bits per heavy atom. The zero-order valence-corrected chi connectivity index (χ0v) is 19.7. The van der Waals surface area contributed by atoms with Gasteiger partial charge in [0.1, 0.15) is 5.82 Å². The summed E-state index contributed by atoms with van der Waals surface area (Å²) in [4.78, 5) is 38.9. The van der Waals surface area contributed by atoms with Gasteiger partial charge in [0, 0.05) is 49.2 Å². The highest BCUT2D eigenvalue weighted by Crippen LogP contribution is 2.35. The van der Waals surface area contributed by atoms with Crippen molar-refractivity contribution in [2.24, 2.45) is 0 Å². The summed E-state index contributed by atoms with van der Waals surface area (Å²) in [5, 5.41) is 8.76. The van der Waals surface area contributed by atoms with Crippen LogP contribution in [0.25, 0.3) is 21.6 Å². The number of ether oxygens (including phenoxy) is 1. The lowest BCUT2D eigenvalue weighted by Crippen LogP contribution is -2.36. The van der Waals surface area contributed by atoms with Gasteiger partial charge in [-0.15, -0.1) is 11.3 Å². The number of hydroxylamine groups is 1. The molecule has 5 heterocycles. The Hall–Kier alpha value is -3.94. The Balaban J connectivity index is 1.48. The highest BCUT2D eigenvalue weighted by Gasteiger charge is 2.21. The van der Waals surface area contributed by atoms with E-state index in [9.17, 15) is 4.79 Å². The number of pyridine rings is 1. The average Bonchev–Trinajstić information content (AvgIpc) is 3.30. The molecule has 0 aromatic carbocycles. The normalized spacial score (nSPS) is 13.7. The molecule has 35 heavy (non-hydrogen) atoms. The van der Waals surface area contributed by atoms with Crippen LogP contribution in [0, 0.1) is 0 Å². The third kappa shape index (κ3) is 4.82. The van der Waals surface area contributed by atoms with E-state index in [0.29, 0.717) is 37.3 Å². The van der Waals surface area contributed by atoms with E-state index in [1.807, 2.05) is 24.1 Å². The van der Waals surface area contributed by atoms with E-state index in [1.54, 1.807) is 29.1 Å². The van der Waals surface area contributed by atoms with E-state index in [0.717, 1.165) is 39.6 Å². The summed E-state index contributed by atoms with van der Waals surface area (Å²) in [5.41, 5.74) is 9.28. The summed E-state index contributed by atoms with van der Waals surface area (Å²) in [7, 11) is 1.87. The molecule has 1 saturated heterocycles. The van der Waals surface area contributed by atoms with Crippen molar-refractivity contribution in [3.8, 4) is 11.4 Å². The van der Waals surface area contributed by atoms with E-state index in [-0.39, 0.29) is 5.56 Å². The van der Waals surface area contributed by atoms with E-state index in [1.165, 1.54) is 12.4 Å². The van der Waals surface area contributed by atoms with Gasteiger partial charge in [0.25, 0.3) is 5.91 Å². The van der Waals surface area contributed by atoms with Crippen LogP contribution in [0.2, 0.25) is 0 Å². The van der Waals surface area contributed by atoms with Gasteiger partial charge < -0.3 is 20.3 Å². The number of carbonyl (C=O) groups is 1. The molecule has 4 aromatic heterocycles. The number of carbonyl (C=O) groups excluding carboxylic acids is 1. The average molecular weight is 494 g/mol. The van der Waals surface area contributed by atoms with Gasteiger partial charge >= 0.3 is 0 Å². The Bertz CT molecular complexity index is 1360. The molecule has 12 nitrogen and oxygen atoms in total. The molecule has 1 aliphatic heterocycles. The summed E-state index contributed by atoms with van der Waals surface area (Å²) in [6, 6.07) is 5.66. The Kier molecular flexibility index (Phi) is 6.35. The number of nitrogens with one attached hydrogen (secondary N) is 1. The second-order valence-corrected chi connectivity index (χ2v) is 9.07. The predicted octanol–water partition coefficient (Wildman–Crippen LogP) is 1.72. The van der Waals surface area contributed by atoms with Gasteiger partial charge in [-0.05, 0) is 18.2 Å². The van der Waals surface area contributed by atoms with Crippen LogP contribution in [0.1, 0.15) is 15.2 Å². The van der Waals surface area contributed by atoms with Crippen LogP contribution < -0.4 is 21.0 Å². The van der Waals surface area contributed by atoms with E-state index in [2.05, 4.69) is 19.9 Å². The summed E-state index contributed by atoms with van der Waals surface area (Å²) in [6.45, 7) is 3.32. The third-order valence-corrected chi connectivity index (χ3v) is 6.60. The molecule has 4 N–H and O–H groups in total. The predicted molar refractivity (Wildman–Crippen MR) is 131 cm³/mol. The smallest absolute Gasteiger partial charge is 0.277 e. The number of thiophene rings is 1. The minimum absolute atomic E-state index is 0.168. The van der Waals surface area contributed by atoms with Gasteiger partial charge in [-0.2, -0.15) is 0 Å². The fourth-order valence-electron chi connectivity index (χ4n) is 3.75. The van der Waals surface area contributed by atoms with E-state index >= 15 is 0 Å². The molecule has 1 fully saturated rings. The summed E-state index contributed by atoms with van der Waals surface area (Å²) >= 11 is 1.62. The first-order chi connectivity index (χ1) is 17.0. The van der Waals surface area contributed by atoms with Crippen molar-refractivity contribution < 1.29 is 14.7 Å². The largest absolute Gasteiger partial charge is 0.384 e. The number of nitrogens with zero attached hydrogens (tertiary/aromatic N) is 7. The topological polar surface area (TPSA) is 156 Å². The lowest BCUT2D eigenvalue weighted by Gasteiger charge is -2.28. The highest BCUT2D eigenvalue weighted by molar-refractivity contribution is 7.19. The first-order valence-corrected chi connectivity index (χ1v) is 11.7. The fourth-order valence-corrected chi connectivity index (χ4v) is 4.92. The molecule has 1 amide bonds. The number of hydrogen-bond acceptors (Lipinski definition) is 12. The van der Waals surface area contributed by atoms with Crippen LogP contribution in [-0.4, -0.2) is 69.4 Å². The van der Waals surface area contributed by atoms with Crippen LogP contribution in [0.4, 0.5) is 17.6 Å². The Morgan fingerprint density at radius 2 is 2.00 bits per heavy atom. The molecule has 5 rings (SSSR count). The molecule has 0 spiro atoms. The Labute approximate surface area is 204 Å². The summed E-state index contributed by atoms with van der Waals surface area (Å²) in [5.74, 6) is 1.66. The maximum Gasteiger partial charge on any atom is 0.277 e. The fraction of sp³-hybridized carbons (Fsp3) is 0.273. The first kappa shape index (κ1) is 22.8. The molecule has 4 aromatic rings. The second kappa shape index (κ2) is 9.74. The van der Waals surface area contributed by atoms with Crippen molar-refractivity contribution in [3.05, 3.63) is 47.2 Å².